The lowest BCUT2D eigenvalue weighted by Crippen LogP contribution is -2.01. The van der Waals surface area contributed by atoms with Crippen molar-refractivity contribution in [2.75, 3.05) is 7.11 Å². The third-order valence-corrected chi connectivity index (χ3v) is 3.52. The van der Waals surface area contributed by atoms with Crippen LogP contribution >= 0.6 is 0 Å². The lowest BCUT2D eigenvalue weighted by Gasteiger charge is -2.02. The number of pyridine rings is 1. The van der Waals surface area contributed by atoms with Gasteiger partial charge in [-0.2, -0.15) is 0 Å². The second-order valence-electron chi connectivity index (χ2n) is 4.65. The molecular weight excluding hydrogens is 254 g/mol. The molecule has 0 amide bonds. The van der Waals surface area contributed by atoms with Gasteiger partial charge in [0.1, 0.15) is 11.3 Å². The van der Waals surface area contributed by atoms with Gasteiger partial charge in [-0.1, -0.05) is 6.07 Å². The molecule has 0 spiro atoms. The van der Waals surface area contributed by atoms with Crippen LogP contribution in [0.2, 0.25) is 0 Å². The van der Waals surface area contributed by atoms with E-state index < -0.39 is 0 Å². The summed E-state index contributed by atoms with van der Waals surface area (Å²) in [5.41, 5.74) is 2.01. The van der Waals surface area contributed by atoms with Gasteiger partial charge in [0, 0.05) is 17.8 Å². The van der Waals surface area contributed by atoms with E-state index in [-0.39, 0.29) is 5.43 Å². The summed E-state index contributed by atoms with van der Waals surface area (Å²) in [5, 5.41) is 1.16. The number of methoxy groups -OCH3 is 1. The third kappa shape index (κ3) is 1.39. The molecule has 0 fully saturated rings. The number of rotatable bonds is 1. The van der Waals surface area contributed by atoms with E-state index in [0.29, 0.717) is 27.8 Å². The van der Waals surface area contributed by atoms with Gasteiger partial charge in [-0.05, 0) is 30.3 Å². The Morgan fingerprint density at radius 1 is 1.10 bits per heavy atom. The maximum atomic E-state index is 12.5. The number of nitrogens with zero attached hydrogens (tertiary/aromatic N) is 1. The first kappa shape index (κ1) is 11.1. The fourth-order valence-electron chi connectivity index (χ4n) is 2.52. The van der Waals surface area contributed by atoms with Gasteiger partial charge in [0.05, 0.1) is 17.9 Å². The van der Waals surface area contributed by atoms with Crippen LogP contribution in [-0.4, -0.2) is 11.5 Å². The van der Waals surface area contributed by atoms with Gasteiger partial charge in [-0.3, -0.25) is 9.20 Å². The molecule has 4 nitrogen and oxygen atoms in total. The summed E-state index contributed by atoms with van der Waals surface area (Å²) in [4.78, 5) is 12.5. The number of hydrogen-bond donors (Lipinski definition) is 0. The molecule has 0 unspecified atom stereocenters. The van der Waals surface area contributed by atoms with E-state index in [1.807, 2.05) is 34.9 Å². The Bertz CT molecular complexity index is 1010. The van der Waals surface area contributed by atoms with E-state index >= 15 is 0 Å². The van der Waals surface area contributed by atoms with Crippen LogP contribution in [0.1, 0.15) is 0 Å². The smallest absolute Gasteiger partial charge is 0.215 e. The van der Waals surface area contributed by atoms with Crippen LogP contribution < -0.4 is 10.2 Å². The van der Waals surface area contributed by atoms with Crippen molar-refractivity contribution in [3.8, 4) is 5.75 Å². The fraction of sp³-hybridized carbons (Fsp3) is 0.0625. The van der Waals surface area contributed by atoms with Crippen molar-refractivity contribution < 1.29 is 9.15 Å². The highest BCUT2D eigenvalue weighted by Crippen LogP contribution is 2.24. The van der Waals surface area contributed by atoms with Crippen molar-refractivity contribution in [1.29, 1.82) is 0 Å². The van der Waals surface area contributed by atoms with Crippen LogP contribution in [0.4, 0.5) is 0 Å². The number of aromatic nitrogens is 1. The molecule has 1 aromatic carbocycles. The maximum Gasteiger partial charge on any atom is 0.215 e. The standard InChI is InChI=1S/C16H11NO3/c1-19-11-5-6-12-14(9-11)20-16-13(15(12)18)8-10-4-2-3-7-17(10)16/h2-9H,1H3. The summed E-state index contributed by atoms with van der Waals surface area (Å²) in [6, 6.07) is 12.9. The molecule has 0 saturated carbocycles. The van der Waals surface area contributed by atoms with E-state index in [9.17, 15) is 4.79 Å². The van der Waals surface area contributed by atoms with E-state index in [1.165, 1.54) is 0 Å². The average Bonchev–Trinajstić information content (AvgIpc) is 2.86. The van der Waals surface area contributed by atoms with Crippen molar-refractivity contribution in [3.63, 3.8) is 0 Å². The summed E-state index contributed by atoms with van der Waals surface area (Å²) >= 11 is 0. The summed E-state index contributed by atoms with van der Waals surface area (Å²) in [6.07, 6.45) is 1.88. The number of fused-ring (bicyclic) bond motifs is 4. The predicted octanol–water partition coefficient (Wildman–Crippen LogP) is 3.21. The molecule has 0 radical (unpaired) electrons. The molecule has 4 rings (SSSR count). The van der Waals surface area contributed by atoms with Crippen molar-refractivity contribution >= 4 is 27.6 Å². The highest BCUT2D eigenvalue weighted by molar-refractivity contribution is 5.92. The van der Waals surface area contributed by atoms with Gasteiger partial charge >= 0.3 is 0 Å². The van der Waals surface area contributed by atoms with Crippen molar-refractivity contribution in [3.05, 3.63) is 58.9 Å². The zero-order valence-corrected chi connectivity index (χ0v) is 10.8. The fourth-order valence-corrected chi connectivity index (χ4v) is 2.52. The minimum absolute atomic E-state index is 0.0207. The molecule has 0 aliphatic heterocycles. The summed E-state index contributed by atoms with van der Waals surface area (Å²) in [5.74, 6) is 0.667. The monoisotopic (exact) mass is 265 g/mol. The Morgan fingerprint density at radius 2 is 2.00 bits per heavy atom. The lowest BCUT2D eigenvalue weighted by atomic mass is 10.2. The summed E-state index contributed by atoms with van der Waals surface area (Å²) in [6.45, 7) is 0. The highest BCUT2D eigenvalue weighted by atomic mass is 16.5. The summed E-state index contributed by atoms with van der Waals surface area (Å²) < 4.78 is 13.0. The first-order chi connectivity index (χ1) is 9.78. The van der Waals surface area contributed by atoms with Crippen molar-refractivity contribution in [2.45, 2.75) is 0 Å². The Hall–Kier alpha value is -2.75. The van der Waals surface area contributed by atoms with Crippen molar-refractivity contribution in [2.24, 2.45) is 0 Å². The van der Waals surface area contributed by atoms with Crippen LogP contribution in [0.25, 0.3) is 27.6 Å². The van der Waals surface area contributed by atoms with Crippen LogP contribution in [-0.2, 0) is 0 Å². The Labute approximate surface area is 113 Å². The Morgan fingerprint density at radius 3 is 2.85 bits per heavy atom. The molecule has 4 aromatic rings. The molecule has 0 atom stereocenters. The predicted molar refractivity (Wildman–Crippen MR) is 77.5 cm³/mol. The minimum atomic E-state index is -0.0207. The first-order valence-corrected chi connectivity index (χ1v) is 6.28. The number of benzene rings is 1. The zero-order chi connectivity index (χ0) is 13.7. The zero-order valence-electron chi connectivity index (χ0n) is 10.8. The topological polar surface area (TPSA) is 43.9 Å². The van der Waals surface area contributed by atoms with Gasteiger partial charge in [0.2, 0.25) is 11.1 Å². The van der Waals surface area contributed by atoms with E-state index in [4.69, 9.17) is 9.15 Å². The molecule has 0 aliphatic carbocycles. The van der Waals surface area contributed by atoms with Gasteiger partial charge < -0.3 is 9.15 Å². The van der Waals surface area contributed by atoms with E-state index in [2.05, 4.69) is 0 Å². The summed E-state index contributed by atoms with van der Waals surface area (Å²) in [7, 11) is 1.59. The second kappa shape index (κ2) is 3.87. The second-order valence-corrected chi connectivity index (χ2v) is 4.65. The van der Waals surface area contributed by atoms with Crippen LogP contribution in [0.3, 0.4) is 0 Å². The quantitative estimate of drug-likeness (QED) is 0.531. The normalized spacial score (nSPS) is 11.4. The average molecular weight is 265 g/mol. The molecule has 98 valence electrons. The van der Waals surface area contributed by atoms with Crippen molar-refractivity contribution in [1.82, 2.24) is 4.40 Å². The molecule has 3 aromatic heterocycles. The molecular formula is C16H11NO3. The highest BCUT2D eigenvalue weighted by Gasteiger charge is 2.12. The molecule has 0 N–H and O–H groups in total. The Balaban J connectivity index is 2.25. The van der Waals surface area contributed by atoms with Crippen LogP contribution in [0.15, 0.2) is 57.9 Å². The van der Waals surface area contributed by atoms with E-state index in [0.717, 1.165) is 5.52 Å². The van der Waals surface area contributed by atoms with Gasteiger partial charge in [0.15, 0.2) is 0 Å². The van der Waals surface area contributed by atoms with E-state index in [1.54, 1.807) is 25.3 Å². The van der Waals surface area contributed by atoms with Crippen LogP contribution in [0, 0.1) is 0 Å². The van der Waals surface area contributed by atoms with Crippen LogP contribution in [0.5, 0.6) is 5.75 Å². The molecule has 0 aliphatic rings. The minimum Gasteiger partial charge on any atom is -0.497 e. The van der Waals surface area contributed by atoms with Gasteiger partial charge in [-0.15, -0.1) is 0 Å². The molecule has 0 bridgehead atoms. The lowest BCUT2D eigenvalue weighted by molar-refractivity contribution is 0.414. The molecule has 3 heterocycles. The van der Waals surface area contributed by atoms with Gasteiger partial charge in [0.25, 0.3) is 0 Å². The Kier molecular flexibility index (Phi) is 2.15. The molecule has 0 saturated heterocycles. The maximum absolute atomic E-state index is 12.5. The SMILES string of the molecule is COc1ccc2c(=O)c3cc4ccccn4c3oc2c1. The number of ether oxygens (including phenoxy) is 1. The third-order valence-electron chi connectivity index (χ3n) is 3.52. The van der Waals surface area contributed by atoms with Gasteiger partial charge in [-0.25, -0.2) is 0 Å². The number of hydrogen-bond acceptors (Lipinski definition) is 3. The largest absolute Gasteiger partial charge is 0.497 e. The molecule has 4 heteroatoms. The first-order valence-electron chi connectivity index (χ1n) is 6.28. The molecule has 20 heavy (non-hydrogen) atoms.